The minimum absolute atomic E-state index is 0.214. The topological polar surface area (TPSA) is 84.9 Å². The average molecular weight is 446 g/mol. The number of alkyl halides is 3. The van der Waals surface area contributed by atoms with Crippen LogP contribution in [0, 0.1) is 0 Å². The van der Waals surface area contributed by atoms with Gasteiger partial charge in [0.2, 0.25) is 15.9 Å². The van der Waals surface area contributed by atoms with Crippen molar-refractivity contribution in [3.8, 4) is 11.5 Å². The number of carbonyl (C=O) groups excluding carboxylic acids is 1. The van der Waals surface area contributed by atoms with Crippen LogP contribution in [0.3, 0.4) is 0 Å². The Labute approximate surface area is 172 Å². The Kier molecular flexibility index (Phi) is 6.86. The van der Waals surface area contributed by atoms with E-state index in [0.29, 0.717) is 21.9 Å². The van der Waals surface area contributed by atoms with Crippen LogP contribution >= 0.6 is 0 Å². The third-order valence-electron chi connectivity index (χ3n) is 4.18. The van der Waals surface area contributed by atoms with E-state index in [1.165, 1.54) is 33.3 Å². The number of ether oxygens (including phenoxy) is 2. The van der Waals surface area contributed by atoms with Gasteiger partial charge in [0, 0.05) is 6.07 Å². The summed E-state index contributed by atoms with van der Waals surface area (Å²) in [5.74, 6) is -0.0673. The molecule has 0 aromatic heterocycles. The minimum atomic E-state index is -4.67. The van der Waals surface area contributed by atoms with Crippen molar-refractivity contribution in [3.63, 3.8) is 0 Å². The molecule has 30 heavy (non-hydrogen) atoms. The van der Waals surface area contributed by atoms with Crippen molar-refractivity contribution in [2.24, 2.45) is 0 Å². The van der Waals surface area contributed by atoms with Gasteiger partial charge in [-0.1, -0.05) is 6.07 Å². The van der Waals surface area contributed by atoms with Crippen LogP contribution in [0.4, 0.5) is 24.5 Å². The van der Waals surface area contributed by atoms with E-state index in [-0.39, 0.29) is 11.4 Å². The molecule has 0 fully saturated rings. The Balaban J connectivity index is 2.42. The molecular weight excluding hydrogens is 425 g/mol. The van der Waals surface area contributed by atoms with Crippen LogP contribution in [0.15, 0.2) is 42.5 Å². The number of amides is 1. The Morgan fingerprint density at radius 1 is 1.10 bits per heavy atom. The fourth-order valence-electron chi connectivity index (χ4n) is 2.78. The highest BCUT2D eigenvalue weighted by molar-refractivity contribution is 7.92. The Bertz CT molecular complexity index is 1030. The molecule has 0 unspecified atom stereocenters. The molecular formula is C19H21F3N2O5S. The molecule has 0 aliphatic carbocycles. The fraction of sp³-hybridized carbons (Fsp3) is 0.316. The van der Waals surface area contributed by atoms with Crippen LogP contribution < -0.4 is 19.1 Å². The van der Waals surface area contributed by atoms with Crippen LogP contribution in [-0.4, -0.2) is 40.8 Å². The summed E-state index contributed by atoms with van der Waals surface area (Å²) in [6, 6.07) is 7.01. The molecule has 2 aromatic rings. The molecule has 2 aromatic carbocycles. The maximum absolute atomic E-state index is 13.1. The number of carbonyl (C=O) groups is 1. The SMILES string of the molecule is COc1ccc(OC)c(NC(=O)[C@@H](C)N(c2cccc(C(F)(F)F)c2)S(C)(=O)=O)c1. The second kappa shape index (κ2) is 8.82. The lowest BCUT2D eigenvalue weighted by molar-refractivity contribution is -0.137. The summed E-state index contributed by atoms with van der Waals surface area (Å²) >= 11 is 0. The van der Waals surface area contributed by atoms with Crippen molar-refractivity contribution in [1.29, 1.82) is 0 Å². The number of benzene rings is 2. The average Bonchev–Trinajstić information content (AvgIpc) is 2.66. The highest BCUT2D eigenvalue weighted by Gasteiger charge is 2.34. The predicted octanol–water partition coefficient (Wildman–Crippen LogP) is 3.52. The molecule has 164 valence electrons. The normalized spacial score (nSPS) is 12.8. The molecule has 0 heterocycles. The highest BCUT2D eigenvalue weighted by atomic mass is 32.2. The van der Waals surface area contributed by atoms with Gasteiger partial charge in [0.1, 0.15) is 17.5 Å². The van der Waals surface area contributed by atoms with Gasteiger partial charge in [-0.05, 0) is 37.3 Å². The number of anilines is 2. The molecule has 2 rings (SSSR count). The Morgan fingerprint density at radius 2 is 1.77 bits per heavy atom. The van der Waals surface area contributed by atoms with Crippen molar-refractivity contribution >= 4 is 27.3 Å². The summed E-state index contributed by atoms with van der Waals surface area (Å²) in [7, 11) is -1.29. The predicted molar refractivity (Wildman–Crippen MR) is 106 cm³/mol. The number of nitrogens with one attached hydrogen (secondary N) is 1. The van der Waals surface area contributed by atoms with Gasteiger partial charge < -0.3 is 14.8 Å². The van der Waals surface area contributed by atoms with E-state index in [1.54, 1.807) is 12.1 Å². The quantitative estimate of drug-likeness (QED) is 0.704. The van der Waals surface area contributed by atoms with Gasteiger partial charge in [0.25, 0.3) is 0 Å². The Morgan fingerprint density at radius 3 is 2.30 bits per heavy atom. The van der Waals surface area contributed by atoms with Gasteiger partial charge in [-0.25, -0.2) is 8.42 Å². The number of methoxy groups -OCH3 is 2. The van der Waals surface area contributed by atoms with E-state index in [2.05, 4.69) is 5.32 Å². The number of hydrogen-bond donors (Lipinski definition) is 1. The van der Waals surface area contributed by atoms with E-state index in [9.17, 15) is 26.4 Å². The highest BCUT2D eigenvalue weighted by Crippen LogP contribution is 2.33. The van der Waals surface area contributed by atoms with Gasteiger partial charge in [0.05, 0.1) is 37.4 Å². The van der Waals surface area contributed by atoms with Crippen molar-refractivity contribution in [2.45, 2.75) is 19.1 Å². The maximum atomic E-state index is 13.1. The molecule has 0 spiro atoms. The molecule has 11 heteroatoms. The third kappa shape index (κ3) is 5.35. The molecule has 0 radical (unpaired) electrons. The summed E-state index contributed by atoms with van der Waals surface area (Å²) < 4.78 is 74.7. The van der Waals surface area contributed by atoms with E-state index < -0.39 is 33.7 Å². The van der Waals surface area contributed by atoms with E-state index in [4.69, 9.17) is 9.47 Å². The maximum Gasteiger partial charge on any atom is 0.416 e. The van der Waals surface area contributed by atoms with Gasteiger partial charge in [-0.2, -0.15) is 13.2 Å². The summed E-state index contributed by atoms with van der Waals surface area (Å²) in [5.41, 5.74) is -1.10. The summed E-state index contributed by atoms with van der Waals surface area (Å²) in [6.07, 6.45) is -3.86. The Hall–Kier alpha value is -2.95. The number of halogens is 3. The van der Waals surface area contributed by atoms with E-state index in [1.807, 2.05) is 0 Å². The molecule has 1 amide bonds. The minimum Gasteiger partial charge on any atom is -0.497 e. The lowest BCUT2D eigenvalue weighted by Gasteiger charge is -2.29. The summed E-state index contributed by atoms with van der Waals surface area (Å²) in [4.78, 5) is 12.8. The van der Waals surface area contributed by atoms with Crippen LogP contribution in [0.2, 0.25) is 0 Å². The largest absolute Gasteiger partial charge is 0.497 e. The lowest BCUT2D eigenvalue weighted by Crippen LogP contribution is -2.45. The molecule has 0 aliphatic rings. The number of sulfonamides is 1. The number of hydrogen-bond acceptors (Lipinski definition) is 5. The molecule has 0 bridgehead atoms. The number of nitrogens with zero attached hydrogens (tertiary/aromatic N) is 1. The van der Waals surface area contributed by atoms with Crippen LogP contribution in [-0.2, 0) is 21.0 Å². The first kappa shape index (κ1) is 23.3. The number of rotatable bonds is 7. The van der Waals surface area contributed by atoms with Crippen molar-refractivity contribution in [2.75, 3.05) is 30.1 Å². The molecule has 1 N–H and O–H groups in total. The smallest absolute Gasteiger partial charge is 0.416 e. The van der Waals surface area contributed by atoms with Crippen LogP contribution in [0.5, 0.6) is 11.5 Å². The zero-order chi connectivity index (χ0) is 22.7. The second-order valence-corrected chi connectivity index (χ2v) is 8.20. The molecule has 0 saturated heterocycles. The monoisotopic (exact) mass is 446 g/mol. The van der Waals surface area contributed by atoms with Gasteiger partial charge >= 0.3 is 6.18 Å². The van der Waals surface area contributed by atoms with Crippen LogP contribution in [0.1, 0.15) is 12.5 Å². The van der Waals surface area contributed by atoms with Crippen molar-refractivity contribution in [1.82, 2.24) is 0 Å². The van der Waals surface area contributed by atoms with Gasteiger partial charge in [-0.15, -0.1) is 0 Å². The first-order chi connectivity index (χ1) is 13.9. The van der Waals surface area contributed by atoms with Gasteiger partial charge in [-0.3, -0.25) is 9.10 Å². The zero-order valence-electron chi connectivity index (χ0n) is 16.6. The fourth-order valence-corrected chi connectivity index (χ4v) is 3.94. The third-order valence-corrected chi connectivity index (χ3v) is 5.42. The molecule has 0 aliphatic heterocycles. The van der Waals surface area contributed by atoms with Crippen molar-refractivity contribution < 1.29 is 35.9 Å². The lowest BCUT2D eigenvalue weighted by atomic mass is 10.1. The van der Waals surface area contributed by atoms with E-state index >= 15 is 0 Å². The summed E-state index contributed by atoms with van der Waals surface area (Å²) in [5, 5.41) is 2.53. The standard InChI is InChI=1S/C19H21F3N2O5S/c1-12(18(25)23-16-11-15(28-2)8-9-17(16)29-3)24(30(4,26)27)14-7-5-6-13(10-14)19(20,21)22/h5-12H,1-4H3,(H,23,25)/t12-/m1/s1. The molecule has 1 atom stereocenters. The zero-order valence-corrected chi connectivity index (χ0v) is 17.5. The molecule has 7 nitrogen and oxygen atoms in total. The molecule has 0 saturated carbocycles. The summed E-state index contributed by atoms with van der Waals surface area (Å²) in [6.45, 7) is 1.27. The first-order valence-corrected chi connectivity index (χ1v) is 10.4. The van der Waals surface area contributed by atoms with E-state index in [0.717, 1.165) is 18.4 Å². The second-order valence-electron chi connectivity index (χ2n) is 6.34. The van der Waals surface area contributed by atoms with Gasteiger partial charge in [0.15, 0.2) is 0 Å². The van der Waals surface area contributed by atoms with Crippen molar-refractivity contribution in [3.05, 3.63) is 48.0 Å². The van der Waals surface area contributed by atoms with Crippen LogP contribution in [0.25, 0.3) is 0 Å². The first-order valence-electron chi connectivity index (χ1n) is 8.58.